The summed E-state index contributed by atoms with van der Waals surface area (Å²) in [5.41, 5.74) is 2.78. The summed E-state index contributed by atoms with van der Waals surface area (Å²) in [4.78, 5) is 4.86. The minimum Gasteiger partial charge on any atom is -0.218 e. The molecule has 5 nitrogen and oxygen atoms in total. The molecule has 0 spiro atoms. The molecule has 0 aromatic carbocycles. The van der Waals surface area contributed by atoms with Crippen LogP contribution in [-0.2, 0) is 10.1 Å². The van der Waals surface area contributed by atoms with Crippen LogP contribution in [0, 0.1) is 0 Å². The van der Waals surface area contributed by atoms with Gasteiger partial charge in [-0.25, -0.2) is 10.2 Å². The van der Waals surface area contributed by atoms with Crippen LogP contribution < -0.4 is 4.99 Å². The Balaban J connectivity index is 3.58. The summed E-state index contributed by atoms with van der Waals surface area (Å²) >= 11 is 0. The van der Waals surface area contributed by atoms with Gasteiger partial charge in [0, 0.05) is 16.2 Å². The van der Waals surface area contributed by atoms with Crippen LogP contribution in [0.2, 0.25) is 0 Å². The first-order valence-corrected chi connectivity index (χ1v) is 6.02. The molecular weight excluding hydrogens is 270 g/mol. The fraction of sp³-hybridized carbons (Fsp3) is 0. The van der Waals surface area contributed by atoms with Gasteiger partial charge in [-0.2, -0.15) is 0 Å². The van der Waals surface area contributed by atoms with Crippen LogP contribution in [0.15, 0.2) is 50.6 Å². The van der Waals surface area contributed by atoms with Gasteiger partial charge in [0.25, 0.3) is 0 Å². The quantitative estimate of drug-likeness (QED) is 0.424. The van der Waals surface area contributed by atoms with E-state index in [1.165, 1.54) is 4.73 Å². The summed E-state index contributed by atoms with van der Waals surface area (Å²) in [6, 6.07) is 0. The molecule has 0 saturated carbocycles. The maximum absolute atomic E-state index is 8.25. The van der Waals surface area contributed by atoms with E-state index >= 15 is 0 Å². The van der Waals surface area contributed by atoms with E-state index in [9.17, 15) is 0 Å². The van der Waals surface area contributed by atoms with E-state index in [1.54, 1.807) is 36.5 Å². The van der Waals surface area contributed by atoms with Gasteiger partial charge in [0.1, 0.15) is 0 Å². The first kappa shape index (κ1) is 16.5. The molecule has 0 amide bonds. The summed E-state index contributed by atoms with van der Waals surface area (Å²) in [7, 11) is 0. The monoisotopic (exact) mass is 287 g/mol. The predicted octanol–water partition coefficient (Wildman–Crippen LogP) is 3.94. The lowest BCUT2D eigenvalue weighted by Crippen LogP contribution is -2.15. The second-order valence-corrected chi connectivity index (χ2v) is 3.71. The largest absolute Gasteiger partial charge is 0.218 e. The zero-order valence-corrected chi connectivity index (χ0v) is 11.6. The highest BCUT2D eigenvalue weighted by atomic mass is 17.7. The number of allylic oxidation sites excluding steroid dienone is 4. The molecule has 110 valence electrons. The summed E-state index contributed by atoms with van der Waals surface area (Å²) in [5, 5.41) is 15.8. The Kier molecular flexibility index (Phi) is 6.70. The number of hydrogen-bond acceptors (Lipinski definition) is 4. The molecule has 21 heavy (non-hydrogen) atoms. The lowest BCUT2D eigenvalue weighted by atomic mass is 10.1. The van der Waals surface area contributed by atoms with Gasteiger partial charge < -0.3 is 0 Å². The van der Waals surface area contributed by atoms with E-state index in [0.717, 1.165) is 11.1 Å². The molecule has 5 heteroatoms. The Hall–Kier alpha value is -2.60. The highest BCUT2D eigenvalue weighted by molar-refractivity contribution is 5.79. The summed E-state index contributed by atoms with van der Waals surface area (Å²) in [6.07, 6.45) is 13.6. The number of nitrogens with zero attached hydrogens (tertiary/aromatic N) is 1. The van der Waals surface area contributed by atoms with Crippen LogP contribution in [0.25, 0.3) is 24.3 Å². The van der Waals surface area contributed by atoms with Crippen molar-refractivity contribution in [3.8, 4) is 0 Å². The highest BCUT2D eigenvalue weighted by Crippen LogP contribution is 2.27. The highest BCUT2D eigenvalue weighted by Gasteiger charge is 2.18. The van der Waals surface area contributed by atoms with Crippen molar-refractivity contribution in [1.82, 2.24) is 4.73 Å². The van der Waals surface area contributed by atoms with E-state index in [1.807, 2.05) is 12.2 Å². The maximum Gasteiger partial charge on any atom is 0.0913 e. The van der Waals surface area contributed by atoms with Gasteiger partial charge in [-0.3, -0.25) is 0 Å². The van der Waals surface area contributed by atoms with Crippen LogP contribution in [0.1, 0.15) is 22.5 Å². The average Bonchev–Trinajstić information content (AvgIpc) is 2.80. The predicted molar refractivity (Wildman–Crippen MR) is 84.5 cm³/mol. The van der Waals surface area contributed by atoms with Crippen LogP contribution in [0.5, 0.6) is 0 Å². The Bertz CT molecular complexity index is 546. The van der Waals surface area contributed by atoms with Crippen LogP contribution in [0.4, 0.5) is 0 Å². The molecule has 0 aliphatic carbocycles. The molecule has 0 atom stereocenters. The summed E-state index contributed by atoms with van der Waals surface area (Å²) in [5.74, 6) is 0. The SMILES string of the molecule is C=C/C=C\c1c(/C=C\C=C)c(C=C)n(OOOO)c1C=C. The van der Waals surface area contributed by atoms with Gasteiger partial charge in [0.05, 0.1) is 11.4 Å². The third-order valence-electron chi connectivity index (χ3n) is 2.60. The second kappa shape index (κ2) is 8.55. The molecule has 0 aliphatic rings. The zero-order chi connectivity index (χ0) is 15.7. The van der Waals surface area contributed by atoms with Gasteiger partial charge in [-0.15, -0.1) is 4.73 Å². The van der Waals surface area contributed by atoms with Crippen molar-refractivity contribution >= 4 is 24.3 Å². The van der Waals surface area contributed by atoms with Gasteiger partial charge in [0.15, 0.2) is 0 Å². The molecular formula is C16H17NO4. The minimum absolute atomic E-state index is 0.587. The van der Waals surface area contributed by atoms with Gasteiger partial charge >= 0.3 is 0 Å². The van der Waals surface area contributed by atoms with Gasteiger partial charge in [-0.1, -0.05) is 62.8 Å². The molecule has 1 aromatic rings. The van der Waals surface area contributed by atoms with Crippen molar-refractivity contribution in [1.29, 1.82) is 0 Å². The van der Waals surface area contributed by atoms with E-state index in [0.29, 0.717) is 11.4 Å². The number of hydrogen-bond donors (Lipinski definition) is 1. The third kappa shape index (κ3) is 3.70. The Morgan fingerprint density at radius 2 is 1.33 bits per heavy atom. The molecule has 0 unspecified atom stereocenters. The first-order valence-electron chi connectivity index (χ1n) is 6.02. The minimum atomic E-state index is 0.587. The smallest absolute Gasteiger partial charge is 0.0913 e. The molecule has 0 aliphatic heterocycles. The average molecular weight is 287 g/mol. The van der Waals surface area contributed by atoms with Gasteiger partial charge in [0.2, 0.25) is 0 Å². The Morgan fingerprint density at radius 3 is 1.67 bits per heavy atom. The topological polar surface area (TPSA) is 52.9 Å². The molecule has 0 saturated heterocycles. The van der Waals surface area contributed by atoms with Crippen LogP contribution in [0.3, 0.4) is 0 Å². The fourth-order valence-electron chi connectivity index (χ4n) is 1.81. The number of aromatic nitrogens is 1. The molecule has 0 bridgehead atoms. The standard InChI is InChI=1S/C16H17NO4/c1-5-9-11-13-14(12-10-6-2)16(8-4)17(15(13)7-3)19-21-20-18/h5-12,18H,1-4H2/b11-9-,12-10-. The van der Waals surface area contributed by atoms with Crippen LogP contribution >= 0.6 is 0 Å². The lowest BCUT2D eigenvalue weighted by molar-refractivity contribution is -0.619. The van der Waals surface area contributed by atoms with Crippen molar-refractivity contribution in [2.24, 2.45) is 0 Å². The van der Waals surface area contributed by atoms with E-state index in [4.69, 9.17) is 10.2 Å². The molecule has 0 radical (unpaired) electrons. The van der Waals surface area contributed by atoms with E-state index < -0.39 is 0 Å². The summed E-state index contributed by atoms with van der Waals surface area (Å²) < 4.78 is 1.28. The Morgan fingerprint density at radius 1 is 0.857 bits per heavy atom. The van der Waals surface area contributed by atoms with Crippen molar-refractivity contribution in [2.45, 2.75) is 0 Å². The molecule has 1 aromatic heterocycles. The van der Waals surface area contributed by atoms with Crippen molar-refractivity contribution in [3.05, 3.63) is 73.1 Å². The molecule has 1 rings (SSSR count). The Labute approximate surface area is 123 Å². The maximum atomic E-state index is 8.25. The van der Waals surface area contributed by atoms with Crippen molar-refractivity contribution in [2.75, 3.05) is 0 Å². The first-order chi connectivity index (χ1) is 10.2. The zero-order valence-electron chi connectivity index (χ0n) is 11.6. The lowest BCUT2D eigenvalue weighted by Gasteiger charge is -2.05. The van der Waals surface area contributed by atoms with Gasteiger partial charge in [-0.05, 0) is 17.2 Å². The number of rotatable bonds is 9. The van der Waals surface area contributed by atoms with Crippen molar-refractivity contribution in [3.63, 3.8) is 0 Å². The molecule has 0 fully saturated rings. The normalized spacial score (nSPS) is 10.9. The van der Waals surface area contributed by atoms with Crippen LogP contribution in [-0.4, -0.2) is 9.99 Å². The fourth-order valence-corrected chi connectivity index (χ4v) is 1.81. The molecule has 1 N–H and O–H groups in total. The van der Waals surface area contributed by atoms with Crippen molar-refractivity contribution < 1.29 is 20.3 Å². The molecule has 1 heterocycles. The second-order valence-electron chi connectivity index (χ2n) is 3.71. The van der Waals surface area contributed by atoms with E-state index in [-0.39, 0.29) is 0 Å². The third-order valence-corrected chi connectivity index (χ3v) is 2.60. The van der Waals surface area contributed by atoms with E-state index in [2.05, 4.69) is 36.4 Å². The summed E-state index contributed by atoms with van der Waals surface area (Å²) in [6.45, 7) is 14.8.